The van der Waals surface area contributed by atoms with Crippen molar-refractivity contribution in [1.29, 1.82) is 0 Å². The number of hydrogen-bond acceptors (Lipinski definition) is 9. The summed E-state index contributed by atoms with van der Waals surface area (Å²) in [4.78, 5) is 44.0. The van der Waals surface area contributed by atoms with Crippen LogP contribution in [-0.4, -0.2) is 44.1 Å². The van der Waals surface area contributed by atoms with Crippen LogP contribution in [0.2, 0.25) is 0 Å². The van der Waals surface area contributed by atoms with E-state index in [4.69, 9.17) is 16.6 Å². The molecule has 3 rings (SSSR count). The van der Waals surface area contributed by atoms with E-state index in [0.717, 1.165) is 20.1 Å². The third-order valence-electron chi connectivity index (χ3n) is 4.37. The predicted molar refractivity (Wildman–Crippen MR) is 117 cm³/mol. The minimum absolute atomic E-state index is 0.112. The third-order valence-corrected chi connectivity index (χ3v) is 6.85. The van der Waals surface area contributed by atoms with Gasteiger partial charge in [0.05, 0.1) is 9.60 Å². The highest BCUT2D eigenvalue weighted by Gasteiger charge is 2.22. The van der Waals surface area contributed by atoms with Gasteiger partial charge in [0.15, 0.2) is 0 Å². The number of aryl methyl sites for hydroxylation is 1. The van der Waals surface area contributed by atoms with Crippen LogP contribution < -0.4 is 16.8 Å². The molecule has 0 aliphatic carbocycles. The van der Waals surface area contributed by atoms with Crippen LogP contribution in [0.4, 0.5) is 11.8 Å². The number of nitrogens with two attached hydrogens (primary N) is 2. The highest BCUT2D eigenvalue weighted by Crippen LogP contribution is 2.41. The van der Waals surface area contributed by atoms with Crippen molar-refractivity contribution < 1.29 is 24.6 Å². The van der Waals surface area contributed by atoms with Gasteiger partial charge in [-0.05, 0) is 43.2 Å². The van der Waals surface area contributed by atoms with Crippen LogP contribution >= 0.6 is 23.1 Å². The number of nitrogen functional groups attached to an aromatic ring is 2. The zero-order valence-electron chi connectivity index (χ0n) is 16.3. The van der Waals surface area contributed by atoms with Gasteiger partial charge < -0.3 is 27.0 Å². The van der Waals surface area contributed by atoms with Crippen LogP contribution in [0.3, 0.4) is 0 Å². The summed E-state index contributed by atoms with van der Waals surface area (Å²) < 4.78 is 0.957. The van der Waals surface area contributed by atoms with Gasteiger partial charge in [0.1, 0.15) is 16.7 Å². The summed E-state index contributed by atoms with van der Waals surface area (Å²) in [6, 6.07) is 5.34. The van der Waals surface area contributed by atoms with Crippen LogP contribution in [0.5, 0.6) is 0 Å². The Morgan fingerprint density at radius 3 is 2.45 bits per heavy atom. The van der Waals surface area contributed by atoms with E-state index in [-0.39, 0.29) is 24.4 Å². The van der Waals surface area contributed by atoms with Crippen LogP contribution in [0.1, 0.15) is 28.8 Å². The van der Waals surface area contributed by atoms with Crippen molar-refractivity contribution in [3.05, 3.63) is 35.4 Å². The molecule has 2 aromatic heterocycles. The summed E-state index contributed by atoms with van der Waals surface area (Å²) in [7, 11) is 0. The van der Waals surface area contributed by atoms with Crippen molar-refractivity contribution in [2.75, 3.05) is 11.5 Å². The number of nitrogens with zero attached hydrogens (tertiary/aromatic N) is 2. The van der Waals surface area contributed by atoms with Gasteiger partial charge in [0.25, 0.3) is 5.91 Å². The monoisotopic (exact) mass is 461 g/mol. The number of aliphatic carboxylic acids is 2. The van der Waals surface area contributed by atoms with Crippen LogP contribution in [-0.2, 0) is 9.59 Å². The number of anilines is 2. The van der Waals surface area contributed by atoms with Gasteiger partial charge in [-0.25, -0.2) is 9.78 Å². The van der Waals surface area contributed by atoms with E-state index in [2.05, 4.69) is 15.3 Å². The average Bonchev–Trinajstić information content (AvgIpc) is 3.00. The normalized spacial score (nSPS) is 11.9. The lowest BCUT2D eigenvalue weighted by molar-refractivity contribution is -0.140. The van der Waals surface area contributed by atoms with Crippen molar-refractivity contribution in [1.82, 2.24) is 15.3 Å². The van der Waals surface area contributed by atoms with Gasteiger partial charge in [0, 0.05) is 16.9 Å². The second kappa shape index (κ2) is 9.18. The molecule has 12 heteroatoms. The lowest BCUT2D eigenvalue weighted by Gasteiger charge is -2.13. The molecule has 0 saturated heterocycles. The number of carboxylic acid groups (broad SMARTS) is 2. The van der Waals surface area contributed by atoms with Crippen molar-refractivity contribution in [2.45, 2.75) is 34.9 Å². The first-order chi connectivity index (χ1) is 14.7. The highest BCUT2D eigenvalue weighted by atomic mass is 32.2. The zero-order valence-corrected chi connectivity index (χ0v) is 17.9. The predicted octanol–water partition coefficient (Wildman–Crippen LogP) is 2.36. The number of amides is 1. The lowest BCUT2D eigenvalue weighted by atomic mass is 10.1. The molecule has 3 aromatic rings. The molecule has 162 valence electrons. The Bertz CT molecular complexity index is 1160. The number of carboxylic acids is 2. The minimum Gasteiger partial charge on any atom is -0.481 e. The Balaban J connectivity index is 1.73. The van der Waals surface area contributed by atoms with Crippen molar-refractivity contribution in [2.24, 2.45) is 0 Å². The maximum atomic E-state index is 12.3. The van der Waals surface area contributed by atoms with Gasteiger partial charge >= 0.3 is 11.9 Å². The van der Waals surface area contributed by atoms with E-state index in [1.165, 1.54) is 23.1 Å². The molecule has 0 bridgehead atoms. The first-order valence-electron chi connectivity index (χ1n) is 9.01. The van der Waals surface area contributed by atoms with E-state index in [9.17, 15) is 19.5 Å². The number of aromatic nitrogens is 2. The van der Waals surface area contributed by atoms with Crippen LogP contribution in [0, 0.1) is 6.92 Å². The van der Waals surface area contributed by atoms with Gasteiger partial charge in [-0.1, -0.05) is 11.8 Å². The molecule has 2 heterocycles. The summed E-state index contributed by atoms with van der Waals surface area (Å²) in [5.41, 5.74) is 12.8. The second-order valence-corrected chi connectivity index (χ2v) is 8.93. The van der Waals surface area contributed by atoms with Gasteiger partial charge in [-0.15, -0.1) is 11.3 Å². The van der Waals surface area contributed by atoms with Crippen molar-refractivity contribution in [3.63, 3.8) is 0 Å². The zero-order chi connectivity index (χ0) is 22.7. The number of carbonyl (C=O) groups is 3. The fraction of sp³-hybridized carbons (Fsp3) is 0.211. The Morgan fingerprint density at radius 1 is 1.16 bits per heavy atom. The Kier molecular flexibility index (Phi) is 6.61. The van der Waals surface area contributed by atoms with Gasteiger partial charge in [-0.3, -0.25) is 9.59 Å². The Morgan fingerprint density at radius 2 is 1.84 bits per heavy atom. The minimum atomic E-state index is -1.29. The molecule has 0 fully saturated rings. The van der Waals surface area contributed by atoms with E-state index < -0.39 is 23.9 Å². The Hall–Kier alpha value is -3.38. The molecule has 10 nitrogen and oxygen atoms in total. The van der Waals surface area contributed by atoms with Crippen LogP contribution in [0.25, 0.3) is 10.2 Å². The number of carbonyl (C=O) groups excluding carboxylic acids is 1. The molecule has 31 heavy (non-hydrogen) atoms. The molecule has 0 radical (unpaired) electrons. The molecule has 0 unspecified atom stereocenters. The third kappa shape index (κ3) is 5.22. The number of hydrogen-bond donors (Lipinski definition) is 5. The highest BCUT2D eigenvalue weighted by molar-refractivity contribution is 8.01. The summed E-state index contributed by atoms with van der Waals surface area (Å²) in [6.45, 7) is 1.92. The SMILES string of the molecule is Cc1c(Sc2ccc(C(=O)N[C@@H](CCC(=O)O)C(=O)O)cc2)sc2nc(N)nc(N)c12. The summed E-state index contributed by atoms with van der Waals surface area (Å²) in [6.07, 6.45) is -0.562. The van der Waals surface area contributed by atoms with Gasteiger partial charge in [-0.2, -0.15) is 4.98 Å². The first kappa shape index (κ1) is 22.3. The van der Waals surface area contributed by atoms with E-state index in [0.29, 0.717) is 10.6 Å². The number of nitrogens with one attached hydrogen (secondary N) is 1. The van der Waals surface area contributed by atoms with Crippen molar-refractivity contribution in [3.8, 4) is 0 Å². The number of thiophene rings is 1. The smallest absolute Gasteiger partial charge is 0.326 e. The maximum Gasteiger partial charge on any atom is 0.326 e. The summed E-state index contributed by atoms with van der Waals surface area (Å²) in [5.74, 6) is -2.57. The number of rotatable bonds is 8. The summed E-state index contributed by atoms with van der Waals surface area (Å²) in [5, 5.41) is 21.0. The Labute approximate surface area is 184 Å². The standard InChI is InChI=1S/C19H19N5O5S2/c1-8-13-14(20)23-19(21)24-16(13)31-18(8)30-10-4-2-9(3-5-10)15(27)22-11(17(28)29)6-7-12(25)26/h2-5,11H,6-7H2,1H3,(H,22,27)(H,25,26)(H,28,29)(H4,20,21,23,24)/t11-/m0/s1. The number of fused-ring (bicyclic) bond motifs is 1. The molecular formula is C19H19N5O5S2. The molecule has 7 N–H and O–H groups in total. The van der Waals surface area contributed by atoms with E-state index in [1.54, 1.807) is 24.3 Å². The fourth-order valence-corrected chi connectivity index (χ4v) is 5.18. The largest absolute Gasteiger partial charge is 0.481 e. The quantitative estimate of drug-likeness (QED) is 0.334. The van der Waals surface area contributed by atoms with E-state index in [1.807, 2.05) is 6.92 Å². The maximum absolute atomic E-state index is 12.3. The van der Waals surface area contributed by atoms with E-state index >= 15 is 0 Å². The molecule has 0 aliphatic heterocycles. The average molecular weight is 462 g/mol. The fourth-order valence-electron chi connectivity index (χ4n) is 2.81. The topological polar surface area (TPSA) is 182 Å². The second-order valence-electron chi connectivity index (χ2n) is 6.58. The van der Waals surface area contributed by atoms with Gasteiger partial charge in [0.2, 0.25) is 5.95 Å². The lowest BCUT2D eigenvalue weighted by Crippen LogP contribution is -2.41. The molecular weight excluding hydrogens is 442 g/mol. The molecule has 1 amide bonds. The van der Waals surface area contributed by atoms with Crippen molar-refractivity contribution >= 4 is 62.9 Å². The molecule has 0 saturated carbocycles. The summed E-state index contributed by atoms with van der Waals surface area (Å²) >= 11 is 2.90. The number of benzene rings is 1. The van der Waals surface area contributed by atoms with Crippen LogP contribution in [0.15, 0.2) is 33.4 Å². The molecule has 1 atom stereocenters. The molecule has 1 aromatic carbocycles. The molecule has 0 spiro atoms. The first-order valence-corrected chi connectivity index (χ1v) is 10.6. The molecule has 0 aliphatic rings.